The molecule has 0 aliphatic carbocycles. The van der Waals surface area contributed by atoms with Gasteiger partial charge in [0, 0.05) is 5.56 Å². The van der Waals surface area contributed by atoms with E-state index in [4.69, 9.17) is 5.73 Å². The molecule has 2 N–H and O–H groups in total. The molecule has 0 unspecified atom stereocenters. The minimum atomic E-state index is -0.307. The SMILES string of the molecule is [CH2]Cc1cnn(-c2cccc(F)c2)c1N. The highest BCUT2D eigenvalue weighted by Gasteiger charge is 2.07. The lowest BCUT2D eigenvalue weighted by atomic mass is 10.2. The lowest BCUT2D eigenvalue weighted by Crippen LogP contribution is -2.03. The Balaban J connectivity index is 2.49. The Morgan fingerprint density at radius 1 is 1.47 bits per heavy atom. The van der Waals surface area contributed by atoms with Crippen molar-refractivity contribution < 1.29 is 4.39 Å². The number of halogens is 1. The summed E-state index contributed by atoms with van der Waals surface area (Å²) in [5, 5.41) is 4.08. The molecule has 0 saturated heterocycles. The van der Waals surface area contributed by atoms with E-state index in [-0.39, 0.29) is 5.82 Å². The van der Waals surface area contributed by atoms with Gasteiger partial charge in [-0.2, -0.15) is 5.10 Å². The molecule has 77 valence electrons. The van der Waals surface area contributed by atoms with Crippen molar-refractivity contribution in [3.8, 4) is 5.69 Å². The Bertz CT molecular complexity index is 476. The second-order valence-corrected chi connectivity index (χ2v) is 3.20. The van der Waals surface area contributed by atoms with Gasteiger partial charge in [0.1, 0.15) is 11.6 Å². The molecule has 0 aliphatic rings. The number of nitrogens with two attached hydrogens (primary N) is 1. The molecule has 0 fully saturated rings. The van der Waals surface area contributed by atoms with Gasteiger partial charge in [0.15, 0.2) is 0 Å². The Morgan fingerprint density at radius 3 is 2.87 bits per heavy atom. The summed E-state index contributed by atoms with van der Waals surface area (Å²) in [5.74, 6) is 0.203. The fourth-order valence-corrected chi connectivity index (χ4v) is 1.40. The first-order valence-electron chi connectivity index (χ1n) is 4.60. The fourth-order valence-electron chi connectivity index (χ4n) is 1.40. The number of benzene rings is 1. The van der Waals surface area contributed by atoms with Crippen LogP contribution in [0.15, 0.2) is 30.5 Å². The van der Waals surface area contributed by atoms with Crippen LogP contribution in [0.5, 0.6) is 0 Å². The lowest BCUT2D eigenvalue weighted by Gasteiger charge is -2.04. The number of rotatable bonds is 2. The first-order valence-corrected chi connectivity index (χ1v) is 4.60. The molecule has 0 aliphatic heterocycles. The van der Waals surface area contributed by atoms with Crippen molar-refractivity contribution in [3.63, 3.8) is 0 Å². The maximum absolute atomic E-state index is 13.0. The summed E-state index contributed by atoms with van der Waals surface area (Å²) >= 11 is 0. The normalized spacial score (nSPS) is 10.5. The average Bonchev–Trinajstić information content (AvgIpc) is 2.59. The zero-order chi connectivity index (χ0) is 10.8. The second-order valence-electron chi connectivity index (χ2n) is 3.20. The van der Waals surface area contributed by atoms with E-state index in [1.54, 1.807) is 18.3 Å². The van der Waals surface area contributed by atoms with Gasteiger partial charge in [-0.05, 0) is 31.5 Å². The minimum Gasteiger partial charge on any atom is -0.383 e. The molecule has 1 aromatic heterocycles. The number of hydrogen-bond acceptors (Lipinski definition) is 2. The van der Waals surface area contributed by atoms with Gasteiger partial charge in [0.05, 0.1) is 11.9 Å². The average molecular weight is 204 g/mol. The van der Waals surface area contributed by atoms with Gasteiger partial charge in [-0.25, -0.2) is 9.07 Å². The Morgan fingerprint density at radius 2 is 2.27 bits per heavy atom. The van der Waals surface area contributed by atoms with Crippen molar-refractivity contribution >= 4 is 5.82 Å². The summed E-state index contributed by atoms with van der Waals surface area (Å²) < 4.78 is 14.5. The van der Waals surface area contributed by atoms with Gasteiger partial charge in [0.2, 0.25) is 0 Å². The van der Waals surface area contributed by atoms with Gasteiger partial charge >= 0.3 is 0 Å². The van der Waals surface area contributed by atoms with E-state index in [0.717, 1.165) is 5.56 Å². The summed E-state index contributed by atoms with van der Waals surface area (Å²) in [7, 11) is 0. The van der Waals surface area contributed by atoms with Crippen LogP contribution in [0.25, 0.3) is 5.69 Å². The quantitative estimate of drug-likeness (QED) is 0.812. The molecular weight excluding hydrogens is 193 g/mol. The van der Waals surface area contributed by atoms with E-state index >= 15 is 0 Å². The molecule has 1 heterocycles. The Labute approximate surface area is 87.3 Å². The van der Waals surface area contributed by atoms with Crippen molar-refractivity contribution in [1.82, 2.24) is 9.78 Å². The van der Waals surface area contributed by atoms with Crippen LogP contribution in [0.3, 0.4) is 0 Å². The van der Waals surface area contributed by atoms with Gasteiger partial charge in [0.25, 0.3) is 0 Å². The molecule has 0 spiro atoms. The first-order chi connectivity index (χ1) is 7.22. The van der Waals surface area contributed by atoms with Crippen LogP contribution in [0, 0.1) is 12.7 Å². The van der Waals surface area contributed by atoms with Crippen LogP contribution in [0.1, 0.15) is 5.56 Å². The third kappa shape index (κ3) is 1.70. The molecule has 0 bridgehead atoms. The standard InChI is InChI=1S/C11H11FN3/c1-2-8-7-14-15(11(8)13)10-5-3-4-9(12)6-10/h3-7H,1-2,13H2. The van der Waals surface area contributed by atoms with Crippen LogP contribution in [0.2, 0.25) is 0 Å². The molecule has 0 atom stereocenters. The van der Waals surface area contributed by atoms with E-state index in [1.165, 1.54) is 16.8 Å². The smallest absolute Gasteiger partial charge is 0.130 e. The third-order valence-corrected chi connectivity index (χ3v) is 2.21. The Hall–Kier alpha value is -1.84. The molecular formula is C11H11FN3. The number of hydrogen-bond donors (Lipinski definition) is 1. The van der Waals surface area contributed by atoms with Crippen LogP contribution in [-0.2, 0) is 6.42 Å². The summed E-state index contributed by atoms with van der Waals surface area (Å²) in [4.78, 5) is 0. The molecule has 1 radical (unpaired) electrons. The van der Waals surface area contributed by atoms with Crippen LogP contribution < -0.4 is 5.73 Å². The molecule has 2 rings (SSSR count). The number of nitrogens with zero attached hydrogens (tertiary/aromatic N) is 2. The first kappa shape index (κ1) is 9.71. The highest BCUT2D eigenvalue weighted by Crippen LogP contribution is 2.17. The maximum atomic E-state index is 13.0. The van der Waals surface area contributed by atoms with Gasteiger partial charge in [-0.3, -0.25) is 0 Å². The van der Waals surface area contributed by atoms with Gasteiger partial charge in [-0.1, -0.05) is 6.07 Å². The molecule has 4 heteroatoms. The van der Waals surface area contributed by atoms with Crippen molar-refractivity contribution in [1.29, 1.82) is 0 Å². The Kier molecular flexibility index (Phi) is 2.41. The molecule has 0 amide bonds. The number of nitrogen functional groups attached to an aromatic ring is 1. The molecule has 1 aromatic carbocycles. The van der Waals surface area contributed by atoms with Gasteiger partial charge < -0.3 is 5.73 Å². The van der Waals surface area contributed by atoms with E-state index in [9.17, 15) is 4.39 Å². The molecule has 15 heavy (non-hydrogen) atoms. The fraction of sp³-hybridized carbons (Fsp3) is 0.0909. The van der Waals surface area contributed by atoms with E-state index in [2.05, 4.69) is 12.0 Å². The maximum Gasteiger partial charge on any atom is 0.130 e. The second kappa shape index (κ2) is 3.73. The third-order valence-electron chi connectivity index (χ3n) is 2.21. The van der Waals surface area contributed by atoms with Crippen LogP contribution in [0.4, 0.5) is 10.2 Å². The zero-order valence-corrected chi connectivity index (χ0v) is 8.15. The number of anilines is 1. The topological polar surface area (TPSA) is 43.8 Å². The van der Waals surface area contributed by atoms with E-state index < -0.39 is 0 Å². The molecule has 0 saturated carbocycles. The highest BCUT2D eigenvalue weighted by atomic mass is 19.1. The summed E-state index contributed by atoms with van der Waals surface area (Å²) in [5.41, 5.74) is 7.31. The predicted molar refractivity (Wildman–Crippen MR) is 57.0 cm³/mol. The summed E-state index contributed by atoms with van der Waals surface area (Å²) in [6.45, 7) is 3.73. The largest absolute Gasteiger partial charge is 0.383 e. The molecule has 2 aromatic rings. The summed E-state index contributed by atoms with van der Waals surface area (Å²) in [6.07, 6.45) is 2.22. The van der Waals surface area contributed by atoms with Crippen molar-refractivity contribution in [2.24, 2.45) is 0 Å². The van der Waals surface area contributed by atoms with Crippen molar-refractivity contribution in [2.75, 3.05) is 5.73 Å². The van der Waals surface area contributed by atoms with Gasteiger partial charge in [-0.15, -0.1) is 0 Å². The monoisotopic (exact) mass is 204 g/mol. The van der Waals surface area contributed by atoms with E-state index in [0.29, 0.717) is 17.9 Å². The van der Waals surface area contributed by atoms with Crippen LogP contribution >= 0.6 is 0 Å². The van der Waals surface area contributed by atoms with Crippen LogP contribution in [-0.4, -0.2) is 9.78 Å². The van der Waals surface area contributed by atoms with E-state index in [1.807, 2.05) is 0 Å². The molecule has 3 nitrogen and oxygen atoms in total. The summed E-state index contributed by atoms with van der Waals surface area (Å²) in [6, 6.07) is 6.14. The highest BCUT2D eigenvalue weighted by molar-refractivity contribution is 5.47. The van der Waals surface area contributed by atoms with Crippen molar-refractivity contribution in [2.45, 2.75) is 6.42 Å². The minimum absolute atomic E-state index is 0.307. The predicted octanol–water partition coefficient (Wildman–Crippen LogP) is 1.97. The van der Waals surface area contributed by atoms with Crippen molar-refractivity contribution in [3.05, 3.63) is 48.8 Å². The lowest BCUT2D eigenvalue weighted by molar-refractivity contribution is 0.625. The zero-order valence-electron chi connectivity index (χ0n) is 8.15. The number of aromatic nitrogens is 2.